The second-order valence-corrected chi connectivity index (χ2v) is 5.89. The summed E-state index contributed by atoms with van der Waals surface area (Å²) in [5.41, 5.74) is 4.45. The number of aromatic nitrogens is 2. The second kappa shape index (κ2) is 5.51. The van der Waals surface area contributed by atoms with Crippen molar-refractivity contribution < 1.29 is 0 Å². The van der Waals surface area contributed by atoms with Gasteiger partial charge in [-0.25, -0.2) is 4.98 Å². The molecule has 0 spiro atoms. The molecule has 0 saturated heterocycles. The second-order valence-electron chi connectivity index (χ2n) is 4.77. The number of hydrogen-bond donors (Lipinski definition) is 0. The monoisotopic (exact) mass is 359 g/mol. The highest BCUT2D eigenvalue weighted by Gasteiger charge is 2.14. The van der Waals surface area contributed by atoms with E-state index in [1.807, 2.05) is 41.8 Å². The average molecular weight is 361 g/mol. The summed E-state index contributed by atoms with van der Waals surface area (Å²) in [6, 6.07) is 13.7. The summed E-state index contributed by atoms with van der Waals surface area (Å²) in [6.07, 6.45) is 0. The Morgan fingerprint density at radius 1 is 1.29 bits per heavy atom. The fourth-order valence-corrected chi connectivity index (χ4v) is 3.20. The SMILES string of the molecule is Cc1ccc(-n2c(CCl)nc3ccc(C#N)cc32)c(Br)c1. The highest BCUT2D eigenvalue weighted by atomic mass is 79.9. The Bertz CT molecular complexity index is 877. The summed E-state index contributed by atoms with van der Waals surface area (Å²) in [4.78, 5) is 4.55. The minimum atomic E-state index is 0.302. The first-order valence-electron chi connectivity index (χ1n) is 6.38. The van der Waals surface area contributed by atoms with Gasteiger partial charge in [0.05, 0.1) is 34.2 Å². The molecule has 3 rings (SSSR count). The molecule has 0 unspecified atom stereocenters. The topological polar surface area (TPSA) is 41.6 Å². The smallest absolute Gasteiger partial charge is 0.129 e. The lowest BCUT2D eigenvalue weighted by atomic mass is 10.2. The number of aryl methyl sites for hydroxylation is 1. The number of alkyl halides is 1. The first-order chi connectivity index (χ1) is 10.1. The molecule has 0 radical (unpaired) electrons. The van der Waals surface area contributed by atoms with Crippen molar-refractivity contribution in [2.75, 3.05) is 0 Å². The average Bonchev–Trinajstić information content (AvgIpc) is 2.84. The number of hydrogen-bond acceptors (Lipinski definition) is 2. The molecule has 1 aromatic heterocycles. The van der Waals surface area contributed by atoms with Crippen LogP contribution in [-0.4, -0.2) is 9.55 Å². The molecule has 0 aliphatic heterocycles. The molecule has 21 heavy (non-hydrogen) atoms. The Morgan fingerprint density at radius 2 is 2.10 bits per heavy atom. The zero-order chi connectivity index (χ0) is 15.0. The van der Waals surface area contributed by atoms with Crippen molar-refractivity contribution >= 4 is 38.6 Å². The van der Waals surface area contributed by atoms with Gasteiger partial charge >= 0.3 is 0 Å². The minimum absolute atomic E-state index is 0.302. The zero-order valence-corrected chi connectivity index (χ0v) is 13.6. The fourth-order valence-electron chi connectivity index (χ4n) is 2.35. The van der Waals surface area contributed by atoms with Gasteiger partial charge in [-0.1, -0.05) is 6.07 Å². The lowest BCUT2D eigenvalue weighted by molar-refractivity contribution is 0.976. The van der Waals surface area contributed by atoms with Crippen LogP contribution in [0.25, 0.3) is 16.7 Å². The summed E-state index contributed by atoms with van der Waals surface area (Å²) in [5.74, 6) is 1.06. The number of nitriles is 1. The van der Waals surface area contributed by atoms with Crippen LogP contribution in [0.15, 0.2) is 40.9 Å². The maximum atomic E-state index is 9.10. The third-order valence-electron chi connectivity index (χ3n) is 3.32. The molecule has 0 aliphatic rings. The van der Waals surface area contributed by atoms with E-state index in [4.69, 9.17) is 16.9 Å². The number of benzene rings is 2. The van der Waals surface area contributed by atoms with Crippen molar-refractivity contribution in [1.82, 2.24) is 9.55 Å². The Balaban J connectivity index is 2.36. The summed E-state index contributed by atoms with van der Waals surface area (Å²) in [7, 11) is 0. The molecule has 0 bridgehead atoms. The Labute approximate surface area is 135 Å². The van der Waals surface area contributed by atoms with Gasteiger partial charge in [0.25, 0.3) is 0 Å². The van der Waals surface area contributed by atoms with Gasteiger partial charge < -0.3 is 0 Å². The van der Waals surface area contributed by atoms with E-state index in [9.17, 15) is 0 Å². The molecule has 1 heterocycles. The quantitative estimate of drug-likeness (QED) is 0.621. The van der Waals surface area contributed by atoms with E-state index in [1.54, 1.807) is 6.07 Å². The molecule has 5 heteroatoms. The molecule has 0 atom stereocenters. The molecule has 3 nitrogen and oxygen atoms in total. The van der Waals surface area contributed by atoms with Gasteiger partial charge in [-0.05, 0) is 58.7 Å². The van der Waals surface area contributed by atoms with Crippen molar-refractivity contribution in [3.63, 3.8) is 0 Å². The van der Waals surface area contributed by atoms with Crippen LogP contribution in [0, 0.1) is 18.3 Å². The van der Waals surface area contributed by atoms with Crippen LogP contribution in [0.4, 0.5) is 0 Å². The fraction of sp³-hybridized carbons (Fsp3) is 0.125. The molecular formula is C16H11BrClN3. The van der Waals surface area contributed by atoms with Gasteiger partial charge in [0.15, 0.2) is 0 Å². The van der Waals surface area contributed by atoms with Crippen LogP contribution >= 0.6 is 27.5 Å². The molecule has 2 aromatic carbocycles. The maximum Gasteiger partial charge on any atom is 0.129 e. The molecule has 0 amide bonds. The van der Waals surface area contributed by atoms with E-state index in [1.165, 1.54) is 5.56 Å². The van der Waals surface area contributed by atoms with E-state index in [0.717, 1.165) is 27.0 Å². The molecule has 3 aromatic rings. The highest BCUT2D eigenvalue weighted by Crippen LogP contribution is 2.29. The maximum absolute atomic E-state index is 9.10. The summed E-state index contributed by atoms with van der Waals surface area (Å²) >= 11 is 9.64. The number of fused-ring (bicyclic) bond motifs is 1. The van der Waals surface area contributed by atoms with Crippen LogP contribution < -0.4 is 0 Å². The lowest BCUT2D eigenvalue weighted by Gasteiger charge is -2.11. The number of imidazole rings is 1. The molecule has 0 N–H and O–H groups in total. The lowest BCUT2D eigenvalue weighted by Crippen LogP contribution is -2.00. The first kappa shape index (κ1) is 14.1. The largest absolute Gasteiger partial charge is 0.294 e. The summed E-state index contributed by atoms with van der Waals surface area (Å²) in [5, 5.41) is 9.10. The third-order valence-corrected chi connectivity index (χ3v) is 4.19. The number of halogens is 2. The summed E-state index contributed by atoms with van der Waals surface area (Å²) in [6.45, 7) is 2.04. The Kier molecular flexibility index (Phi) is 3.71. The van der Waals surface area contributed by atoms with Crippen LogP contribution in [0.1, 0.15) is 17.0 Å². The highest BCUT2D eigenvalue weighted by molar-refractivity contribution is 9.10. The van der Waals surface area contributed by atoms with E-state index in [0.29, 0.717) is 11.4 Å². The van der Waals surface area contributed by atoms with E-state index < -0.39 is 0 Å². The Morgan fingerprint density at radius 3 is 2.76 bits per heavy atom. The predicted octanol–water partition coefficient (Wildman–Crippen LogP) is 4.71. The molecule has 0 aliphatic carbocycles. The third kappa shape index (κ3) is 2.44. The van der Waals surface area contributed by atoms with Gasteiger partial charge in [-0.15, -0.1) is 11.6 Å². The predicted molar refractivity (Wildman–Crippen MR) is 87.8 cm³/mol. The summed E-state index contributed by atoms with van der Waals surface area (Å²) < 4.78 is 2.96. The zero-order valence-electron chi connectivity index (χ0n) is 11.3. The van der Waals surface area contributed by atoms with Crippen molar-refractivity contribution in [1.29, 1.82) is 5.26 Å². The van der Waals surface area contributed by atoms with Gasteiger partial charge in [0.1, 0.15) is 5.82 Å². The van der Waals surface area contributed by atoms with Gasteiger partial charge in [0, 0.05) is 4.47 Å². The van der Waals surface area contributed by atoms with E-state index >= 15 is 0 Å². The number of nitrogens with zero attached hydrogens (tertiary/aromatic N) is 3. The van der Waals surface area contributed by atoms with Gasteiger partial charge in [-0.2, -0.15) is 5.26 Å². The minimum Gasteiger partial charge on any atom is -0.294 e. The van der Waals surface area contributed by atoms with Crippen molar-refractivity contribution in [3.05, 3.63) is 57.8 Å². The van der Waals surface area contributed by atoms with Crippen LogP contribution in [0.3, 0.4) is 0 Å². The van der Waals surface area contributed by atoms with Crippen molar-refractivity contribution in [2.45, 2.75) is 12.8 Å². The standard InChI is InChI=1S/C16H11BrClN3/c1-10-2-5-14(12(17)6-10)21-15-7-11(9-19)3-4-13(15)20-16(21)8-18/h2-7H,8H2,1H3. The number of rotatable bonds is 2. The van der Waals surface area contributed by atoms with Crippen LogP contribution in [-0.2, 0) is 5.88 Å². The van der Waals surface area contributed by atoms with Gasteiger partial charge in [0.2, 0.25) is 0 Å². The van der Waals surface area contributed by atoms with Crippen molar-refractivity contribution in [2.24, 2.45) is 0 Å². The molecule has 0 fully saturated rings. The molecule has 104 valence electrons. The van der Waals surface area contributed by atoms with Crippen LogP contribution in [0.5, 0.6) is 0 Å². The van der Waals surface area contributed by atoms with E-state index in [2.05, 4.69) is 27.0 Å². The first-order valence-corrected chi connectivity index (χ1v) is 7.71. The van der Waals surface area contributed by atoms with E-state index in [-0.39, 0.29) is 0 Å². The van der Waals surface area contributed by atoms with Gasteiger partial charge in [-0.3, -0.25) is 4.57 Å². The molecular weight excluding hydrogens is 350 g/mol. The normalized spacial score (nSPS) is 10.8. The molecule has 0 saturated carbocycles. The Hall–Kier alpha value is -1.83. The van der Waals surface area contributed by atoms with Crippen molar-refractivity contribution in [3.8, 4) is 11.8 Å². The van der Waals surface area contributed by atoms with Crippen LogP contribution in [0.2, 0.25) is 0 Å².